The average Bonchev–Trinajstić information content (AvgIpc) is 2.42. The zero-order chi connectivity index (χ0) is 13.7. The number of benzene rings is 2. The van der Waals surface area contributed by atoms with Gasteiger partial charge in [0.25, 0.3) is 0 Å². The number of alkyl halides is 1. The first kappa shape index (κ1) is 11.9. The Kier molecular flexibility index (Phi) is 2.45. The molecule has 0 saturated heterocycles. The highest BCUT2D eigenvalue weighted by Gasteiger charge is 2.35. The Morgan fingerprint density at radius 1 is 0.947 bits per heavy atom. The summed E-state index contributed by atoms with van der Waals surface area (Å²) in [6.45, 7) is 0. The quantitative estimate of drug-likeness (QED) is 0.525. The van der Waals surface area contributed by atoms with Crippen molar-refractivity contribution >= 4 is 5.78 Å². The van der Waals surface area contributed by atoms with Crippen LogP contribution in [0.3, 0.4) is 0 Å². The highest BCUT2D eigenvalue weighted by molar-refractivity contribution is 6.12. The molecule has 0 aromatic heterocycles. The molecule has 0 heterocycles. The standard InChI is InChI=1S/C14H6F4O/c15-9-5-8-10(13(18)12(9)17)14(19)7-4-2-1-3-6(7)11(8)16/h1-5,11H. The third-order valence-corrected chi connectivity index (χ3v) is 3.17. The van der Waals surface area contributed by atoms with E-state index in [0.29, 0.717) is 6.07 Å². The maximum absolute atomic E-state index is 14.2. The summed E-state index contributed by atoms with van der Waals surface area (Å²) in [6, 6.07) is 6.23. The van der Waals surface area contributed by atoms with Crippen LogP contribution < -0.4 is 0 Å². The van der Waals surface area contributed by atoms with Crippen molar-refractivity contribution in [2.75, 3.05) is 0 Å². The summed E-state index contributed by atoms with van der Waals surface area (Å²) in [6.07, 6.45) is -1.85. The predicted octanol–water partition coefficient (Wildman–Crippen LogP) is 3.71. The fourth-order valence-corrected chi connectivity index (χ4v) is 2.27. The van der Waals surface area contributed by atoms with Gasteiger partial charge in [-0.3, -0.25) is 4.79 Å². The van der Waals surface area contributed by atoms with Crippen LogP contribution >= 0.6 is 0 Å². The Labute approximate surface area is 105 Å². The van der Waals surface area contributed by atoms with Crippen LogP contribution in [0.2, 0.25) is 0 Å². The minimum absolute atomic E-state index is 0.0328. The first-order chi connectivity index (χ1) is 9.02. The Balaban J connectivity index is 2.36. The molecule has 1 aliphatic rings. The van der Waals surface area contributed by atoms with Gasteiger partial charge in [-0.2, -0.15) is 0 Å². The minimum atomic E-state index is -1.85. The van der Waals surface area contributed by atoms with Crippen molar-refractivity contribution in [2.45, 2.75) is 6.17 Å². The first-order valence-corrected chi connectivity index (χ1v) is 5.47. The highest BCUT2D eigenvalue weighted by Crippen LogP contribution is 2.39. The fraction of sp³-hybridized carbons (Fsp3) is 0.0714. The van der Waals surface area contributed by atoms with Gasteiger partial charge in [0.2, 0.25) is 0 Å². The van der Waals surface area contributed by atoms with Gasteiger partial charge in [0.15, 0.2) is 29.4 Å². The van der Waals surface area contributed by atoms with E-state index in [1.807, 2.05) is 0 Å². The Hall–Kier alpha value is -2.17. The minimum Gasteiger partial charge on any atom is -0.288 e. The van der Waals surface area contributed by atoms with Crippen LogP contribution in [0.15, 0.2) is 30.3 Å². The van der Waals surface area contributed by atoms with E-state index in [0.717, 1.165) is 0 Å². The molecule has 0 radical (unpaired) electrons. The fourth-order valence-electron chi connectivity index (χ4n) is 2.27. The van der Waals surface area contributed by atoms with E-state index >= 15 is 0 Å². The van der Waals surface area contributed by atoms with Gasteiger partial charge in [-0.15, -0.1) is 0 Å². The third kappa shape index (κ3) is 1.51. The summed E-state index contributed by atoms with van der Waals surface area (Å²) in [7, 11) is 0. The molecule has 0 N–H and O–H groups in total. The average molecular weight is 266 g/mol. The Morgan fingerprint density at radius 3 is 2.37 bits per heavy atom. The number of ketones is 1. The van der Waals surface area contributed by atoms with Gasteiger partial charge in [-0.05, 0) is 6.07 Å². The molecular weight excluding hydrogens is 260 g/mol. The van der Waals surface area contributed by atoms with E-state index in [4.69, 9.17) is 0 Å². The molecule has 0 amide bonds. The smallest absolute Gasteiger partial charge is 0.196 e. The van der Waals surface area contributed by atoms with Crippen molar-refractivity contribution in [2.24, 2.45) is 0 Å². The van der Waals surface area contributed by atoms with E-state index < -0.39 is 40.5 Å². The number of carbonyl (C=O) groups excluding carboxylic acids is 1. The van der Waals surface area contributed by atoms with Crippen LogP contribution in [0.1, 0.15) is 33.2 Å². The first-order valence-electron chi connectivity index (χ1n) is 5.47. The second-order valence-electron chi connectivity index (χ2n) is 4.23. The van der Waals surface area contributed by atoms with Crippen LogP contribution in [0.25, 0.3) is 0 Å². The molecule has 0 saturated carbocycles. The normalized spacial score (nSPS) is 17.1. The molecule has 19 heavy (non-hydrogen) atoms. The molecule has 0 bridgehead atoms. The number of rotatable bonds is 0. The summed E-state index contributed by atoms with van der Waals surface area (Å²) >= 11 is 0. The molecule has 0 spiro atoms. The molecule has 1 unspecified atom stereocenters. The van der Waals surface area contributed by atoms with Crippen molar-refractivity contribution in [3.05, 3.63) is 70.0 Å². The highest BCUT2D eigenvalue weighted by atomic mass is 19.2. The number of fused-ring (bicyclic) bond motifs is 2. The summed E-state index contributed by atoms with van der Waals surface area (Å²) in [5, 5.41) is 0. The van der Waals surface area contributed by atoms with E-state index in [9.17, 15) is 22.4 Å². The van der Waals surface area contributed by atoms with Crippen molar-refractivity contribution in [1.82, 2.24) is 0 Å². The Bertz CT molecular complexity index is 709. The van der Waals surface area contributed by atoms with E-state index in [1.165, 1.54) is 24.3 Å². The molecular formula is C14H6F4O. The number of carbonyl (C=O) groups is 1. The number of hydrogen-bond donors (Lipinski definition) is 0. The zero-order valence-electron chi connectivity index (χ0n) is 9.38. The zero-order valence-corrected chi connectivity index (χ0v) is 9.38. The summed E-state index contributed by atoms with van der Waals surface area (Å²) < 4.78 is 54.2. The van der Waals surface area contributed by atoms with E-state index in [-0.39, 0.29) is 11.1 Å². The van der Waals surface area contributed by atoms with Gasteiger partial charge < -0.3 is 0 Å². The van der Waals surface area contributed by atoms with Crippen LogP contribution in [-0.2, 0) is 0 Å². The van der Waals surface area contributed by atoms with Crippen LogP contribution in [0.4, 0.5) is 17.6 Å². The topological polar surface area (TPSA) is 17.1 Å². The molecule has 1 aliphatic carbocycles. The largest absolute Gasteiger partial charge is 0.288 e. The SMILES string of the molecule is O=C1c2ccccc2C(F)c2cc(F)c(F)c(F)c21. The number of halogens is 4. The maximum atomic E-state index is 14.2. The molecule has 2 aromatic carbocycles. The van der Waals surface area contributed by atoms with E-state index in [2.05, 4.69) is 0 Å². The van der Waals surface area contributed by atoms with Gasteiger partial charge >= 0.3 is 0 Å². The van der Waals surface area contributed by atoms with Gasteiger partial charge in [-0.25, -0.2) is 17.6 Å². The third-order valence-electron chi connectivity index (χ3n) is 3.17. The summed E-state index contributed by atoms with van der Waals surface area (Å²) in [5.41, 5.74) is -1.21. The van der Waals surface area contributed by atoms with Crippen molar-refractivity contribution in [3.63, 3.8) is 0 Å². The molecule has 96 valence electrons. The van der Waals surface area contributed by atoms with Crippen molar-refractivity contribution < 1.29 is 22.4 Å². The van der Waals surface area contributed by atoms with Gasteiger partial charge in [0.05, 0.1) is 5.56 Å². The van der Waals surface area contributed by atoms with Crippen LogP contribution in [0, 0.1) is 17.5 Å². The second-order valence-corrected chi connectivity index (χ2v) is 4.23. The molecule has 3 rings (SSSR count). The molecule has 1 atom stereocenters. The van der Waals surface area contributed by atoms with Crippen molar-refractivity contribution in [1.29, 1.82) is 0 Å². The van der Waals surface area contributed by atoms with Crippen molar-refractivity contribution in [3.8, 4) is 0 Å². The molecule has 0 aliphatic heterocycles. The summed E-state index contributed by atoms with van der Waals surface area (Å²) in [5.74, 6) is -5.75. The Morgan fingerprint density at radius 2 is 1.63 bits per heavy atom. The maximum Gasteiger partial charge on any atom is 0.196 e. The lowest BCUT2D eigenvalue weighted by atomic mass is 9.83. The lowest BCUT2D eigenvalue weighted by Gasteiger charge is -2.22. The van der Waals surface area contributed by atoms with Crippen LogP contribution in [0.5, 0.6) is 0 Å². The molecule has 0 fully saturated rings. The van der Waals surface area contributed by atoms with Gasteiger partial charge in [0.1, 0.15) is 0 Å². The molecule has 5 heteroatoms. The lowest BCUT2D eigenvalue weighted by molar-refractivity contribution is 0.102. The van der Waals surface area contributed by atoms with Crippen LogP contribution in [-0.4, -0.2) is 5.78 Å². The van der Waals surface area contributed by atoms with Gasteiger partial charge in [0, 0.05) is 16.7 Å². The van der Waals surface area contributed by atoms with E-state index in [1.54, 1.807) is 0 Å². The monoisotopic (exact) mass is 266 g/mol. The lowest BCUT2D eigenvalue weighted by Crippen LogP contribution is -2.20. The van der Waals surface area contributed by atoms with Gasteiger partial charge in [-0.1, -0.05) is 24.3 Å². The molecule has 1 nitrogen and oxygen atoms in total. The predicted molar refractivity (Wildman–Crippen MR) is 59.1 cm³/mol. The summed E-state index contributed by atoms with van der Waals surface area (Å²) in [4.78, 5) is 12.0. The molecule has 2 aromatic rings. The number of hydrogen-bond acceptors (Lipinski definition) is 1. The second kappa shape index (κ2) is 3.91.